The number of ether oxygens (including phenoxy) is 1. The molecule has 0 saturated carbocycles. The van der Waals surface area contributed by atoms with Crippen molar-refractivity contribution in [2.75, 3.05) is 31.9 Å². The van der Waals surface area contributed by atoms with Gasteiger partial charge in [-0.3, -0.25) is 9.59 Å². The molecular weight excluding hydrogens is 365 g/mol. The Morgan fingerprint density at radius 1 is 1.32 bits per heavy atom. The number of Topliss-reactive ketones (excluding diaryl/α,β-unsaturated/α-hetero) is 1. The monoisotopic (exact) mass is 391 g/mol. The Balaban J connectivity index is 0.00000576. The number of rotatable bonds is 9. The summed E-state index contributed by atoms with van der Waals surface area (Å²) < 4.78 is 5.57. The number of nitrogens with two attached hydrogens (primary N) is 1. The molecule has 0 spiro atoms. The number of anilines is 1. The molecule has 0 fully saturated rings. The molecule has 0 bridgehead atoms. The van der Waals surface area contributed by atoms with E-state index < -0.39 is 6.10 Å². The number of nitrogens with zero attached hydrogens (tertiary/aromatic N) is 1. The third kappa shape index (κ3) is 7.10. The molecule has 8 heteroatoms. The maximum atomic E-state index is 12.4. The Bertz CT molecular complexity index is 593. The van der Waals surface area contributed by atoms with E-state index >= 15 is 0 Å². The molecule has 1 aromatic rings. The average Bonchev–Trinajstić information content (AvgIpc) is 2.54. The topological polar surface area (TPSA) is 84.7 Å². The fourth-order valence-electron chi connectivity index (χ4n) is 2.08. The molecule has 25 heavy (non-hydrogen) atoms. The standard InChI is InChI=1S/C17H26ClN3O3.ClH/c1-5-21(6-2)8-7-20-17(23)13-9-14(18)15(19)10-16(13)24-12(4)11(3)22;/h9-10,12H,5-8,19H2,1-4H3,(H,20,23);1H/t12-;/m1./s1. The number of nitrogens with one attached hydrogen (secondary N) is 1. The van der Waals surface area contributed by atoms with Gasteiger partial charge in [0.25, 0.3) is 5.91 Å². The highest BCUT2D eigenvalue weighted by atomic mass is 35.5. The van der Waals surface area contributed by atoms with E-state index in [1.54, 1.807) is 6.92 Å². The number of ketones is 1. The first-order valence-corrected chi connectivity index (χ1v) is 8.44. The Hall–Kier alpha value is -1.50. The molecule has 0 unspecified atom stereocenters. The highest BCUT2D eigenvalue weighted by Crippen LogP contribution is 2.29. The number of carbonyl (C=O) groups is 2. The van der Waals surface area contributed by atoms with Crippen molar-refractivity contribution in [1.29, 1.82) is 0 Å². The molecule has 6 nitrogen and oxygen atoms in total. The lowest BCUT2D eigenvalue weighted by Crippen LogP contribution is -2.35. The number of hydrogen-bond acceptors (Lipinski definition) is 5. The molecular formula is C17H27Cl2N3O3. The van der Waals surface area contributed by atoms with Gasteiger partial charge in [0.2, 0.25) is 0 Å². The number of likely N-dealkylation sites (N-methyl/N-ethyl adjacent to an activating group) is 1. The van der Waals surface area contributed by atoms with E-state index in [4.69, 9.17) is 22.1 Å². The van der Waals surface area contributed by atoms with Gasteiger partial charge in [-0.15, -0.1) is 12.4 Å². The molecule has 0 aliphatic carbocycles. The van der Waals surface area contributed by atoms with Crippen LogP contribution in [0.5, 0.6) is 5.75 Å². The minimum atomic E-state index is -0.673. The normalized spacial score (nSPS) is 11.6. The van der Waals surface area contributed by atoms with Crippen LogP contribution in [0.4, 0.5) is 5.69 Å². The molecule has 1 rings (SSSR count). The lowest BCUT2D eigenvalue weighted by atomic mass is 10.1. The first kappa shape index (κ1) is 23.5. The van der Waals surface area contributed by atoms with E-state index in [9.17, 15) is 9.59 Å². The second-order valence-corrected chi connectivity index (χ2v) is 5.93. The maximum Gasteiger partial charge on any atom is 0.255 e. The molecule has 0 aromatic heterocycles. The van der Waals surface area contributed by atoms with Crippen molar-refractivity contribution < 1.29 is 14.3 Å². The predicted molar refractivity (Wildman–Crippen MR) is 104 cm³/mol. The highest BCUT2D eigenvalue weighted by molar-refractivity contribution is 6.33. The molecule has 3 N–H and O–H groups in total. The van der Waals surface area contributed by atoms with Gasteiger partial charge in [-0.05, 0) is 33.0 Å². The quantitative estimate of drug-likeness (QED) is 0.632. The number of halogens is 2. The van der Waals surface area contributed by atoms with Gasteiger partial charge >= 0.3 is 0 Å². The second-order valence-electron chi connectivity index (χ2n) is 5.52. The van der Waals surface area contributed by atoms with Crippen molar-refractivity contribution >= 4 is 41.4 Å². The summed E-state index contributed by atoms with van der Waals surface area (Å²) in [7, 11) is 0. The van der Waals surface area contributed by atoms with Gasteiger partial charge in [0, 0.05) is 19.2 Å². The van der Waals surface area contributed by atoms with E-state index in [0.717, 1.165) is 19.6 Å². The van der Waals surface area contributed by atoms with Crippen molar-refractivity contribution in [3.63, 3.8) is 0 Å². The molecule has 0 radical (unpaired) electrons. The van der Waals surface area contributed by atoms with Crippen molar-refractivity contribution in [3.8, 4) is 5.75 Å². The minimum absolute atomic E-state index is 0. The number of benzene rings is 1. The SMILES string of the molecule is CCN(CC)CCNC(=O)c1cc(Cl)c(N)cc1O[C@H](C)C(C)=O.Cl. The highest BCUT2D eigenvalue weighted by Gasteiger charge is 2.19. The van der Waals surface area contributed by atoms with Crippen LogP contribution in [0.25, 0.3) is 0 Å². The maximum absolute atomic E-state index is 12.4. The predicted octanol–water partition coefficient (Wildman–Crippen LogP) is 2.77. The summed E-state index contributed by atoms with van der Waals surface area (Å²) in [6, 6.07) is 2.94. The smallest absolute Gasteiger partial charge is 0.255 e. The van der Waals surface area contributed by atoms with E-state index in [0.29, 0.717) is 12.2 Å². The first-order chi connectivity index (χ1) is 11.3. The molecule has 0 aliphatic heterocycles. The molecule has 0 aliphatic rings. The van der Waals surface area contributed by atoms with Crippen LogP contribution >= 0.6 is 24.0 Å². The summed E-state index contributed by atoms with van der Waals surface area (Å²) in [5.41, 5.74) is 6.34. The van der Waals surface area contributed by atoms with Crippen molar-refractivity contribution in [1.82, 2.24) is 10.2 Å². The number of hydrogen-bond donors (Lipinski definition) is 2. The Labute approximate surface area is 160 Å². The van der Waals surface area contributed by atoms with E-state index in [-0.39, 0.29) is 40.4 Å². The van der Waals surface area contributed by atoms with Gasteiger partial charge in [-0.2, -0.15) is 0 Å². The fraction of sp³-hybridized carbons (Fsp3) is 0.529. The van der Waals surface area contributed by atoms with E-state index in [1.807, 2.05) is 0 Å². The lowest BCUT2D eigenvalue weighted by molar-refractivity contribution is -0.122. The van der Waals surface area contributed by atoms with Crippen molar-refractivity contribution in [2.24, 2.45) is 0 Å². The molecule has 142 valence electrons. The molecule has 0 saturated heterocycles. The van der Waals surface area contributed by atoms with Crippen LogP contribution in [0, 0.1) is 0 Å². The fourth-order valence-corrected chi connectivity index (χ4v) is 2.24. The minimum Gasteiger partial charge on any atom is -0.482 e. The van der Waals surface area contributed by atoms with Crippen LogP contribution in [0.1, 0.15) is 38.1 Å². The summed E-state index contributed by atoms with van der Waals surface area (Å²) >= 11 is 6.02. The zero-order valence-corrected chi connectivity index (χ0v) is 16.7. The summed E-state index contributed by atoms with van der Waals surface area (Å²) in [4.78, 5) is 26.1. The van der Waals surface area contributed by atoms with Crippen LogP contribution in [-0.2, 0) is 4.79 Å². The number of nitrogen functional groups attached to an aromatic ring is 1. The Morgan fingerprint density at radius 3 is 2.44 bits per heavy atom. The van der Waals surface area contributed by atoms with Crippen LogP contribution in [-0.4, -0.2) is 48.9 Å². The van der Waals surface area contributed by atoms with Crippen LogP contribution < -0.4 is 15.8 Å². The van der Waals surface area contributed by atoms with Crippen LogP contribution in [0.2, 0.25) is 5.02 Å². The average molecular weight is 392 g/mol. The van der Waals surface area contributed by atoms with Crippen molar-refractivity contribution in [2.45, 2.75) is 33.8 Å². The van der Waals surface area contributed by atoms with Gasteiger partial charge in [0.1, 0.15) is 5.75 Å². The zero-order chi connectivity index (χ0) is 18.3. The van der Waals surface area contributed by atoms with Gasteiger partial charge in [-0.1, -0.05) is 25.4 Å². The van der Waals surface area contributed by atoms with Gasteiger partial charge in [0.05, 0.1) is 16.3 Å². The first-order valence-electron chi connectivity index (χ1n) is 8.06. The lowest BCUT2D eigenvalue weighted by Gasteiger charge is -2.19. The zero-order valence-electron chi connectivity index (χ0n) is 15.1. The number of carbonyl (C=O) groups excluding carboxylic acids is 2. The molecule has 1 aromatic carbocycles. The van der Waals surface area contributed by atoms with Crippen LogP contribution in [0.3, 0.4) is 0 Å². The summed E-state index contributed by atoms with van der Waals surface area (Å²) in [5.74, 6) is -0.203. The summed E-state index contributed by atoms with van der Waals surface area (Å²) in [6.45, 7) is 10.3. The summed E-state index contributed by atoms with van der Waals surface area (Å²) in [5, 5.41) is 3.11. The van der Waals surface area contributed by atoms with Gasteiger partial charge in [-0.25, -0.2) is 0 Å². The van der Waals surface area contributed by atoms with Gasteiger partial charge in [0.15, 0.2) is 11.9 Å². The third-order valence-electron chi connectivity index (χ3n) is 3.83. The number of amides is 1. The second kappa shape index (κ2) is 11.2. The molecule has 1 atom stereocenters. The van der Waals surface area contributed by atoms with Crippen molar-refractivity contribution in [3.05, 3.63) is 22.7 Å². The van der Waals surface area contributed by atoms with E-state index in [2.05, 4.69) is 24.1 Å². The molecule has 0 heterocycles. The van der Waals surface area contributed by atoms with Crippen LogP contribution in [0.15, 0.2) is 12.1 Å². The van der Waals surface area contributed by atoms with Gasteiger partial charge < -0.3 is 20.7 Å². The van der Waals surface area contributed by atoms with E-state index in [1.165, 1.54) is 19.1 Å². The largest absolute Gasteiger partial charge is 0.482 e. The third-order valence-corrected chi connectivity index (χ3v) is 4.16. The summed E-state index contributed by atoms with van der Waals surface area (Å²) in [6.07, 6.45) is -0.673. The Kier molecular flexibility index (Phi) is 10.5. The molecule has 1 amide bonds. The Morgan fingerprint density at radius 2 is 1.92 bits per heavy atom.